The highest BCUT2D eigenvalue weighted by molar-refractivity contribution is 7.16. The molecule has 2 aromatic carbocycles. The number of aryl methyl sites for hydroxylation is 1. The Kier molecular flexibility index (Phi) is 7.01. The van der Waals surface area contributed by atoms with E-state index in [0.29, 0.717) is 32.4 Å². The van der Waals surface area contributed by atoms with E-state index >= 15 is 0 Å². The van der Waals surface area contributed by atoms with Gasteiger partial charge in [0.2, 0.25) is 0 Å². The number of nitriles is 1. The first-order chi connectivity index (χ1) is 16.8. The van der Waals surface area contributed by atoms with Crippen LogP contribution in [0.1, 0.15) is 33.3 Å². The Labute approximate surface area is 210 Å². The lowest BCUT2D eigenvalue weighted by Crippen LogP contribution is -2.16. The summed E-state index contributed by atoms with van der Waals surface area (Å²) < 4.78 is 10.7. The monoisotopic (exact) mass is 505 g/mol. The summed E-state index contributed by atoms with van der Waals surface area (Å²) in [5.41, 5.74) is 2.97. The van der Waals surface area contributed by atoms with E-state index in [-0.39, 0.29) is 12.2 Å². The van der Waals surface area contributed by atoms with Crippen molar-refractivity contribution in [2.24, 2.45) is 0 Å². The van der Waals surface area contributed by atoms with Crippen molar-refractivity contribution in [2.45, 2.75) is 20.8 Å². The minimum atomic E-state index is -0.623. The maximum Gasteiger partial charge on any atom is 0.341 e. The van der Waals surface area contributed by atoms with Crippen LogP contribution in [0.15, 0.2) is 52.6 Å². The molecule has 0 aliphatic heterocycles. The number of fused-ring (bicyclic) bond motifs is 1. The number of anilines is 1. The number of carbonyl (C=O) groups is 2. The van der Waals surface area contributed by atoms with E-state index < -0.39 is 11.9 Å². The summed E-state index contributed by atoms with van der Waals surface area (Å²) in [4.78, 5) is 26.2. The van der Waals surface area contributed by atoms with Gasteiger partial charge in [0.1, 0.15) is 22.2 Å². The molecule has 9 heteroatoms. The molecule has 1 N–H and O–H groups in total. The Morgan fingerprint density at radius 3 is 2.66 bits per heavy atom. The zero-order valence-electron chi connectivity index (χ0n) is 19.1. The predicted octanol–water partition coefficient (Wildman–Crippen LogP) is 6.55. The molecule has 0 spiro atoms. The summed E-state index contributed by atoms with van der Waals surface area (Å²) in [6.45, 7) is 5.58. The minimum Gasteiger partial charge on any atom is -0.462 e. The van der Waals surface area contributed by atoms with Crippen molar-refractivity contribution in [1.82, 2.24) is 5.16 Å². The van der Waals surface area contributed by atoms with Crippen LogP contribution in [0.3, 0.4) is 0 Å². The molecule has 2 heterocycles. The molecule has 0 unspecified atom stereocenters. The Morgan fingerprint density at radius 2 is 1.97 bits per heavy atom. The molecule has 0 bridgehead atoms. The van der Waals surface area contributed by atoms with Crippen LogP contribution in [0, 0.1) is 25.2 Å². The summed E-state index contributed by atoms with van der Waals surface area (Å²) in [7, 11) is 0. The van der Waals surface area contributed by atoms with Crippen LogP contribution in [0.25, 0.3) is 28.3 Å². The molecule has 35 heavy (non-hydrogen) atoms. The summed E-state index contributed by atoms with van der Waals surface area (Å²) in [5.74, 6) is -0.582. The quantitative estimate of drug-likeness (QED) is 0.181. The Bertz CT molecular complexity index is 1510. The number of thiophene rings is 1. The van der Waals surface area contributed by atoms with E-state index in [9.17, 15) is 14.9 Å². The molecule has 176 valence electrons. The van der Waals surface area contributed by atoms with Gasteiger partial charge in [-0.05, 0) is 74.4 Å². The van der Waals surface area contributed by atoms with Crippen LogP contribution in [0.4, 0.5) is 5.00 Å². The number of nitrogens with zero attached hydrogens (tertiary/aromatic N) is 2. The first-order valence-electron chi connectivity index (χ1n) is 10.7. The largest absolute Gasteiger partial charge is 0.462 e. The Hall–Kier alpha value is -3.93. The molecule has 0 fully saturated rings. The molecule has 0 atom stereocenters. The lowest BCUT2D eigenvalue weighted by Gasteiger charge is -2.07. The third-order valence-electron chi connectivity index (χ3n) is 5.37. The van der Waals surface area contributed by atoms with Gasteiger partial charge >= 0.3 is 5.97 Å². The third-order valence-corrected chi connectivity index (χ3v) is 6.75. The van der Waals surface area contributed by atoms with E-state index in [4.69, 9.17) is 20.9 Å². The highest BCUT2D eigenvalue weighted by Gasteiger charge is 2.23. The van der Waals surface area contributed by atoms with Crippen molar-refractivity contribution in [1.29, 1.82) is 5.26 Å². The van der Waals surface area contributed by atoms with E-state index in [1.54, 1.807) is 44.2 Å². The lowest BCUT2D eigenvalue weighted by atomic mass is 10.0. The number of ether oxygens (including phenoxy) is 1. The topological polar surface area (TPSA) is 105 Å². The van der Waals surface area contributed by atoms with Crippen LogP contribution in [-0.2, 0) is 9.53 Å². The molecule has 0 saturated heterocycles. The number of hydrogen-bond donors (Lipinski definition) is 1. The number of benzene rings is 2. The molecule has 2 aromatic heterocycles. The highest BCUT2D eigenvalue weighted by atomic mass is 35.5. The number of carbonyl (C=O) groups excluding carboxylic acids is 2. The number of nitrogens with one attached hydrogen (secondary N) is 1. The zero-order valence-corrected chi connectivity index (χ0v) is 20.7. The number of amides is 1. The lowest BCUT2D eigenvalue weighted by molar-refractivity contribution is -0.112. The van der Waals surface area contributed by atoms with Gasteiger partial charge in [-0.3, -0.25) is 4.79 Å². The maximum atomic E-state index is 12.9. The fourth-order valence-electron chi connectivity index (χ4n) is 3.51. The first kappa shape index (κ1) is 24.2. The normalized spacial score (nSPS) is 11.3. The Morgan fingerprint density at radius 1 is 1.23 bits per heavy atom. The van der Waals surface area contributed by atoms with Crippen LogP contribution in [-0.4, -0.2) is 23.6 Å². The smallest absolute Gasteiger partial charge is 0.341 e. The number of rotatable bonds is 6. The molecule has 0 aliphatic rings. The molecule has 0 saturated carbocycles. The zero-order chi connectivity index (χ0) is 25.1. The predicted molar refractivity (Wildman–Crippen MR) is 136 cm³/mol. The van der Waals surface area contributed by atoms with Crippen molar-refractivity contribution in [3.63, 3.8) is 0 Å². The third kappa shape index (κ3) is 4.97. The Balaban J connectivity index is 1.66. The second-order valence-electron chi connectivity index (χ2n) is 7.63. The van der Waals surface area contributed by atoms with Crippen molar-refractivity contribution >= 4 is 56.8 Å². The van der Waals surface area contributed by atoms with Gasteiger partial charge in [-0.2, -0.15) is 5.26 Å². The molecular formula is C26H20ClN3O4S. The standard InChI is InChI=1S/C26H20ClN3O4S/c1-4-33-26(32)22-14(2)15(3)35-25(22)29-24(31)18(13-28)11-16-5-10-21-20(12-16)23(34-30-21)17-6-8-19(27)9-7-17/h5-12H,4H2,1-3H3,(H,29,31)/b18-11+. The average molecular weight is 506 g/mol. The van der Waals surface area contributed by atoms with E-state index in [1.165, 1.54) is 17.4 Å². The minimum absolute atomic E-state index is 0.118. The summed E-state index contributed by atoms with van der Waals surface area (Å²) >= 11 is 7.24. The van der Waals surface area contributed by atoms with Gasteiger partial charge in [0, 0.05) is 15.5 Å². The summed E-state index contributed by atoms with van der Waals surface area (Å²) in [6, 6.07) is 14.4. The number of aromatic nitrogens is 1. The number of halogens is 1. The molecule has 0 aliphatic carbocycles. The van der Waals surface area contributed by atoms with Gasteiger partial charge in [-0.1, -0.05) is 22.8 Å². The molecule has 4 aromatic rings. The van der Waals surface area contributed by atoms with E-state index in [1.807, 2.05) is 25.1 Å². The average Bonchev–Trinajstić information content (AvgIpc) is 3.38. The number of esters is 1. The van der Waals surface area contributed by atoms with Crippen molar-refractivity contribution in [2.75, 3.05) is 11.9 Å². The SMILES string of the molecule is CCOC(=O)c1c(NC(=O)/C(C#N)=C/c2ccc3noc(-c4ccc(Cl)cc4)c3c2)sc(C)c1C. The molecule has 0 radical (unpaired) electrons. The van der Waals surface area contributed by atoms with Gasteiger partial charge in [-0.25, -0.2) is 4.79 Å². The summed E-state index contributed by atoms with van der Waals surface area (Å²) in [5, 5.41) is 18.2. The van der Waals surface area contributed by atoms with Crippen molar-refractivity contribution in [3.8, 4) is 17.4 Å². The van der Waals surface area contributed by atoms with Gasteiger partial charge in [0.05, 0.1) is 17.6 Å². The maximum absolute atomic E-state index is 12.9. The van der Waals surface area contributed by atoms with E-state index in [0.717, 1.165) is 21.4 Å². The molecule has 4 rings (SSSR count). The summed E-state index contributed by atoms with van der Waals surface area (Å²) in [6.07, 6.45) is 1.48. The van der Waals surface area contributed by atoms with Gasteiger partial charge in [-0.15, -0.1) is 11.3 Å². The molecule has 7 nitrogen and oxygen atoms in total. The fourth-order valence-corrected chi connectivity index (χ4v) is 4.68. The fraction of sp³-hybridized carbons (Fsp3) is 0.154. The molecular weight excluding hydrogens is 486 g/mol. The van der Waals surface area contributed by atoms with Crippen molar-refractivity contribution in [3.05, 3.63) is 74.6 Å². The van der Waals surface area contributed by atoms with Crippen molar-refractivity contribution < 1.29 is 18.8 Å². The van der Waals surface area contributed by atoms with Crippen LogP contribution in [0.2, 0.25) is 5.02 Å². The first-order valence-corrected chi connectivity index (χ1v) is 11.9. The van der Waals surface area contributed by atoms with Gasteiger partial charge < -0.3 is 14.6 Å². The van der Waals surface area contributed by atoms with E-state index in [2.05, 4.69) is 10.5 Å². The van der Waals surface area contributed by atoms with Gasteiger partial charge in [0.25, 0.3) is 5.91 Å². The van der Waals surface area contributed by atoms with Crippen LogP contribution >= 0.6 is 22.9 Å². The van der Waals surface area contributed by atoms with Crippen LogP contribution < -0.4 is 5.32 Å². The second kappa shape index (κ2) is 10.1. The number of hydrogen-bond acceptors (Lipinski definition) is 7. The molecule has 1 amide bonds. The van der Waals surface area contributed by atoms with Crippen LogP contribution in [0.5, 0.6) is 0 Å². The highest BCUT2D eigenvalue weighted by Crippen LogP contribution is 2.34. The second-order valence-corrected chi connectivity index (χ2v) is 9.29. The van der Waals surface area contributed by atoms with Gasteiger partial charge in [0.15, 0.2) is 5.76 Å².